The van der Waals surface area contributed by atoms with Gasteiger partial charge in [-0.1, -0.05) is 39.5 Å². The summed E-state index contributed by atoms with van der Waals surface area (Å²) in [5, 5.41) is 3.11. The van der Waals surface area contributed by atoms with Crippen LogP contribution in [0.3, 0.4) is 0 Å². The minimum absolute atomic E-state index is 0.249. The van der Waals surface area contributed by atoms with E-state index in [-0.39, 0.29) is 11.8 Å². The van der Waals surface area contributed by atoms with E-state index < -0.39 is 0 Å². The molecule has 3 nitrogen and oxygen atoms in total. The summed E-state index contributed by atoms with van der Waals surface area (Å²) in [7, 11) is 0. The van der Waals surface area contributed by atoms with E-state index in [2.05, 4.69) is 19.2 Å². The monoisotopic (exact) mass is 282 g/mol. The van der Waals surface area contributed by atoms with Gasteiger partial charge in [0.1, 0.15) is 0 Å². The number of unbranched alkanes of at least 4 members (excludes halogenated alkanes) is 3. The highest BCUT2D eigenvalue weighted by Crippen LogP contribution is 2.28. The molecule has 1 fully saturated rings. The molecule has 1 saturated carbocycles. The highest BCUT2D eigenvalue weighted by Gasteiger charge is 2.25. The summed E-state index contributed by atoms with van der Waals surface area (Å²) in [6.45, 7) is 6.20. The van der Waals surface area contributed by atoms with Crippen LogP contribution in [0.15, 0.2) is 0 Å². The van der Waals surface area contributed by atoms with Crippen molar-refractivity contribution in [3.63, 3.8) is 0 Å². The highest BCUT2D eigenvalue weighted by atomic mass is 16.1. The molecule has 0 spiro atoms. The molecule has 118 valence electrons. The Kier molecular flexibility index (Phi) is 8.92. The van der Waals surface area contributed by atoms with E-state index in [9.17, 15) is 4.79 Å². The molecule has 20 heavy (non-hydrogen) atoms. The summed E-state index contributed by atoms with van der Waals surface area (Å²) in [5.74, 6) is 2.00. The molecule has 1 rings (SSSR count). The molecule has 3 N–H and O–H groups in total. The van der Waals surface area contributed by atoms with Crippen LogP contribution in [0.5, 0.6) is 0 Å². The predicted molar refractivity (Wildman–Crippen MR) is 85.4 cm³/mol. The first kappa shape index (κ1) is 17.5. The van der Waals surface area contributed by atoms with Crippen molar-refractivity contribution in [3.05, 3.63) is 0 Å². The highest BCUT2D eigenvalue weighted by molar-refractivity contribution is 5.78. The van der Waals surface area contributed by atoms with Crippen LogP contribution < -0.4 is 11.1 Å². The first-order valence-electron chi connectivity index (χ1n) is 8.61. The lowest BCUT2D eigenvalue weighted by Gasteiger charge is -2.26. The van der Waals surface area contributed by atoms with Crippen LogP contribution >= 0.6 is 0 Å². The van der Waals surface area contributed by atoms with Crippen LogP contribution in [0.2, 0.25) is 0 Å². The van der Waals surface area contributed by atoms with E-state index in [4.69, 9.17) is 5.73 Å². The lowest BCUT2D eigenvalue weighted by molar-refractivity contribution is -0.126. The quantitative estimate of drug-likeness (QED) is 0.636. The molecule has 0 aromatic heterocycles. The van der Waals surface area contributed by atoms with E-state index in [1.165, 1.54) is 25.7 Å². The van der Waals surface area contributed by atoms with E-state index in [0.29, 0.717) is 5.92 Å². The average Bonchev–Trinajstić information content (AvgIpc) is 2.45. The molecule has 0 aliphatic heterocycles. The zero-order valence-electron chi connectivity index (χ0n) is 13.5. The fourth-order valence-corrected chi connectivity index (χ4v) is 3.05. The minimum Gasteiger partial charge on any atom is -0.356 e. The third-order valence-electron chi connectivity index (χ3n) is 4.56. The molecule has 0 aromatic carbocycles. The van der Waals surface area contributed by atoms with Gasteiger partial charge in [-0.3, -0.25) is 4.79 Å². The van der Waals surface area contributed by atoms with Crippen LogP contribution in [0, 0.1) is 17.8 Å². The van der Waals surface area contributed by atoms with Gasteiger partial charge in [0.25, 0.3) is 0 Å². The average molecular weight is 282 g/mol. The molecule has 1 amide bonds. The predicted octanol–water partition coefficient (Wildman–Crippen LogP) is 3.47. The zero-order valence-corrected chi connectivity index (χ0v) is 13.5. The molecule has 0 saturated heterocycles. The van der Waals surface area contributed by atoms with Gasteiger partial charge in [0.2, 0.25) is 5.91 Å². The molecule has 1 aliphatic carbocycles. The van der Waals surface area contributed by atoms with Crippen LogP contribution in [0.1, 0.15) is 71.6 Å². The minimum atomic E-state index is 0.249. The van der Waals surface area contributed by atoms with Gasteiger partial charge in [0.05, 0.1) is 0 Å². The summed E-state index contributed by atoms with van der Waals surface area (Å²) in [6, 6.07) is 0. The SMILES string of the molecule is CC(C)CCCCCCNC(=O)C1CCC(CN)CC1. The zero-order chi connectivity index (χ0) is 14.8. The van der Waals surface area contributed by atoms with Gasteiger partial charge in [-0.2, -0.15) is 0 Å². The fourth-order valence-electron chi connectivity index (χ4n) is 3.05. The second kappa shape index (κ2) is 10.2. The van der Waals surface area contributed by atoms with E-state index in [0.717, 1.165) is 51.1 Å². The number of hydrogen-bond donors (Lipinski definition) is 2. The summed E-state index contributed by atoms with van der Waals surface area (Å²) in [6.07, 6.45) is 10.6. The van der Waals surface area contributed by atoms with Crippen molar-refractivity contribution in [2.75, 3.05) is 13.1 Å². The molecule has 3 heteroatoms. The Hall–Kier alpha value is -0.570. The Morgan fingerprint density at radius 3 is 2.35 bits per heavy atom. The topological polar surface area (TPSA) is 55.1 Å². The molecule has 0 bridgehead atoms. The van der Waals surface area contributed by atoms with Crippen molar-refractivity contribution in [2.45, 2.75) is 71.6 Å². The van der Waals surface area contributed by atoms with Gasteiger partial charge in [0, 0.05) is 12.5 Å². The van der Waals surface area contributed by atoms with Gasteiger partial charge >= 0.3 is 0 Å². The first-order valence-corrected chi connectivity index (χ1v) is 8.61. The van der Waals surface area contributed by atoms with Gasteiger partial charge in [-0.05, 0) is 50.5 Å². The standard InChI is InChI=1S/C17H34N2O/c1-14(2)7-5-3-4-6-12-19-17(20)16-10-8-15(13-18)9-11-16/h14-16H,3-13,18H2,1-2H3,(H,19,20). The Morgan fingerprint density at radius 2 is 1.75 bits per heavy atom. The summed E-state index contributed by atoms with van der Waals surface area (Å²) < 4.78 is 0. The number of nitrogens with one attached hydrogen (secondary N) is 1. The van der Waals surface area contributed by atoms with Gasteiger partial charge in [-0.15, -0.1) is 0 Å². The molecule has 1 aliphatic rings. The molecule has 0 heterocycles. The third-order valence-corrected chi connectivity index (χ3v) is 4.56. The van der Waals surface area contributed by atoms with Crippen molar-refractivity contribution in [2.24, 2.45) is 23.5 Å². The van der Waals surface area contributed by atoms with Crippen molar-refractivity contribution < 1.29 is 4.79 Å². The molecular formula is C17H34N2O. The number of rotatable bonds is 9. The first-order chi connectivity index (χ1) is 9.63. The molecule has 0 atom stereocenters. The van der Waals surface area contributed by atoms with Crippen LogP contribution in [0.25, 0.3) is 0 Å². The van der Waals surface area contributed by atoms with Crippen molar-refractivity contribution in [1.29, 1.82) is 0 Å². The normalized spacial score (nSPS) is 23.0. The molecule has 0 aromatic rings. The van der Waals surface area contributed by atoms with E-state index >= 15 is 0 Å². The smallest absolute Gasteiger partial charge is 0.223 e. The maximum absolute atomic E-state index is 12.0. The van der Waals surface area contributed by atoms with Crippen LogP contribution in [-0.4, -0.2) is 19.0 Å². The second-order valence-corrected chi connectivity index (χ2v) is 6.84. The lowest BCUT2D eigenvalue weighted by atomic mass is 9.81. The summed E-state index contributed by atoms with van der Waals surface area (Å²) in [4.78, 5) is 12.0. The Bertz CT molecular complexity index is 258. The largest absolute Gasteiger partial charge is 0.356 e. The van der Waals surface area contributed by atoms with E-state index in [1.54, 1.807) is 0 Å². The molecular weight excluding hydrogens is 248 g/mol. The van der Waals surface area contributed by atoms with Crippen LogP contribution in [-0.2, 0) is 4.79 Å². The second-order valence-electron chi connectivity index (χ2n) is 6.84. The van der Waals surface area contributed by atoms with Crippen molar-refractivity contribution in [1.82, 2.24) is 5.32 Å². The van der Waals surface area contributed by atoms with Gasteiger partial charge in [0.15, 0.2) is 0 Å². The Labute approximate surface area is 125 Å². The number of carbonyl (C=O) groups excluding carboxylic acids is 1. The number of nitrogens with two attached hydrogens (primary N) is 1. The van der Waals surface area contributed by atoms with Gasteiger partial charge in [-0.25, -0.2) is 0 Å². The molecule has 0 unspecified atom stereocenters. The maximum atomic E-state index is 12.0. The number of amides is 1. The Morgan fingerprint density at radius 1 is 1.10 bits per heavy atom. The van der Waals surface area contributed by atoms with Crippen molar-refractivity contribution >= 4 is 5.91 Å². The summed E-state index contributed by atoms with van der Waals surface area (Å²) in [5.41, 5.74) is 5.68. The Balaban J connectivity index is 1.98. The number of carbonyl (C=O) groups is 1. The third kappa shape index (κ3) is 7.28. The van der Waals surface area contributed by atoms with Crippen molar-refractivity contribution in [3.8, 4) is 0 Å². The fraction of sp³-hybridized carbons (Fsp3) is 0.941. The van der Waals surface area contributed by atoms with Gasteiger partial charge < -0.3 is 11.1 Å². The maximum Gasteiger partial charge on any atom is 0.223 e. The number of hydrogen-bond acceptors (Lipinski definition) is 2. The van der Waals surface area contributed by atoms with Crippen LogP contribution in [0.4, 0.5) is 0 Å². The lowest BCUT2D eigenvalue weighted by Crippen LogP contribution is -2.34. The molecule has 0 radical (unpaired) electrons. The summed E-state index contributed by atoms with van der Waals surface area (Å²) >= 11 is 0. The van der Waals surface area contributed by atoms with E-state index in [1.807, 2.05) is 0 Å².